The molecule has 1 aliphatic rings. The van der Waals surface area contributed by atoms with E-state index in [2.05, 4.69) is 11.4 Å². The molecule has 0 heterocycles. The SMILES string of the molecule is CCOCCOC1CCCC(C#N)(NC)C1. The van der Waals surface area contributed by atoms with Crippen LogP contribution in [0.25, 0.3) is 0 Å². The van der Waals surface area contributed by atoms with E-state index in [0.717, 1.165) is 32.3 Å². The normalized spacial score (nSPS) is 29.9. The molecule has 1 N–H and O–H groups in total. The Bertz CT molecular complexity index is 240. The topological polar surface area (TPSA) is 54.3 Å². The highest BCUT2D eigenvalue weighted by atomic mass is 16.5. The molecule has 0 amide bonds. The van der Waals surface area contributed by atoms with Crippen LogP contribution in [0.15, 0.2) is 0 Å². The molecule has 0 aromatic heterocycles. The van der Waals surface area contributed by atoms with Gasteiger partial charge in [-0.3, -0.25) is 0 Å². The summed E-state index contributed by atoms with van der Waals surface area (Å²) in [7, 11) is 1.85. The number of hydrogen-bond acceptors (Lipinski definition) is 4. The van der Waals surface area contributed by atoms with Gasteiger partial charge in [-0.2, -0.15) is 5.26 Å². The predicted octanol–water partition coefficient (Wildman–Crippen LogP) is 1.46. The highest BCUT2D eigenvalue weighted by Gasteiger charge is 2.35. The van der Waals surface area contributed by atoms with Crippen molar-refractivity contribution < 1.29 is 9.47 Å². The summed E-state index contributed by atoms with van der Waals surface area (Å²) in [6.07, 6.45) is 4.00. The number of nitrogens with one attached hydrogen (secondary N) is 1. The van der Waals surface area contributed by atoms with Crippen LogP contribution in [0, 0.1) is 11.3 Å². The van der Waals surface area contributed by atoms with Crippen LogP contribution in [0.5, 0.6) is 0 Å². The number of hydrogen-bond donors (Lipinski definition) is 1. The fraction of sp³-hybridized carbons (Fsp3) is 0.917. The first-order chi connectivity index (χ1) is 7.76. The maximum absolute atomic E-state index is 9.18. The van der Waals surface area contributed by atoms with E-state index in [4.69, 9.17) is 9.47 Å². The standard InChI is InChI=1S/C12H22N2O2/c1-3-15-7-8-16-11-5-4-6-12(9-11,10-13)14-2/h11,14H,3-9H2,1-2H3. The molecule has 0 aromatic carbocycles. The molecule has 4 heteroatoms. The van der Waals surface area contributed by atoms with Crippen molar-refractivity contribution in [2.75, 3.05) is 26.9 Å². The van der Waals surface area contributed by atoms with E-state index in [-0.39, 0.29) is 11.6 Å². The first kappa shape index (κ1) is 13.4. The van der Waals surface area contributed by atoms with E-state index >= 15 is 0 Å². The smallest absolute Gasteiger partial charge is 0.109 e. The summed E-state index contributed by atoms with van der Waals surface area (Å²) in [5.41, 5.74) is -0.380. The fourth-order valence-corrected chi connectivity index (χ4v) is 2.17. The summed E-state index contributed by atoms with van der Waals surface area (Å²) in [6.45, 7) is 3.98. The number of nitriles is 1. The first-order valence-corrected chi connectivity index (χ1v) is 6.06. The van der Waals surface area contributed by atoms with Gasteiger partial charge >= 0.3 is 0 Å². The van der Waals surface area contributed by atoms with Gasteiger partial charge in [-0.25, -0.2) is 0 Å². The molecule has 0 bridgehead atoms. The second-order valence-electron chi connectivity index (χ2n) is 4.23. The van der Waals surface area contributed by atoms with Gasteiger partial charge in [0, 0.05) is 13.0 Å². The lowest BCUT2D eigenvalue weighted by molar-refractivity contribution is -0.0196. The van der Waals surface area contributed by atoms with Gasteiger partial charge in [0.2, 0.25) is 0 Å². The molecule has 1 fully saturated rings. The fourth-order valence-electron chi connectivity index (χ4n) is 2.17. The van der Waals surface area contributed by atoms with Crippen molar-refractivity contribution in [3.8, 4) is 6.07 Å². The molecule has 1 saturated carbocycles. The van der Waals surface area contributed by atoms with Crippen molar-refractivity contribution in [3.63, 3.8) is 0 Å². The van der Waals surface area contributed by atoms with Crippen LogP contribution >= 0.6 is 0 Å². The van der Waals surface area contributed by atoms with Gasteiger partial charge in [0.25, 0.3) is 0 Å². The zero-order valence-corrected chi connectivity index (χ0v) is 10.3. The summed E-state index contributed by atoms with van der Waals surface area (Å²) in [5.74, 6) is 0. The zero-order valence-electron chi connectivity index (χ0n) is 10.3. The van der Waals surface area contributed by atoms with E-state index in [1.807, 2.05) is 14.0 Å². The summed E-state index contributed by atoms with van der Waals surface area (Å²) < 4.78 is 11.0. The maximum Gasteiger partial charge on any atom is 0.109 e. The summed E-state index contributed by atoms with van der Waals surface area (Å²) in [4.78, 5) is 0. The van der Waals surface area contributed by atoms with Crippen molar-refractivity contribution in [1.82, 2.24) is 5.32 Å². The summed E-state index contributed by atoms with van der Waals surface area (Å²) in [6, 6.07) is 2.38. The molecule has 92 valence electrons. The molecule has 0 aliphatic heterocycles. The monoisotopic (exact) mass is 226 g/mol. The molecule has 16 heavy (non-hydrogen) atoms. The average molecular weight is 226 g/mol. The third-order valence-electron chi connectivity index (χ3n) is 3.18. The van der Waals surface area contributed by atoms with Crippen LogP contribution in [-0.2, 0) is 9.47 Å². The Labute approximate surface area is 97.9 Å². The van der Waals surface area contributed by atoms with Crippen LogP contribution in [-0.4, -0.2) is 38.5 Å². The lowest BCUT2D eigenvalue weighted by Gasteiger charge is -2.35. The molecular formula is C12H22N2O2. The number of rotatable bonds is 6. The van der Waals surface area contributed by atoms with Crippen LogP contribution in [0.4, 0.5) is 0 Å². The Kier molecular flexibility index (Phi) is 5.75. The Balaban J connectivity index is 2.30. The van der Waals surface area contributed by atoms with E-state index in [0.29, 0.717) is 13.2 Å². The van der Waals surface area contributed by atoms with E-state index in [9.17, 15) is 5.26 Å². The molecule has 1 rings (SSSR count). The predicted molar refractivity (Wildman–Crippen MR) is 62.1 cm³/mol. The molecule has 0 spiro atoms. The molecule has 1 aliphatic carbocycles. The van der Waals surface area contributed by atoms with Crippen LogP contribution < -0.4 is 5.32 Å². The minimum absolute atomic E-state index is 0.196. The van der Waals surface area contributed by atoms with Gasteiger partial charge < -0.3 is 14.8 Å². The minimum Gasteiger partial charge on any atom is -0.379 e. The van der Waals surface area contributed by atoms with Gasteiger partial charge in [0.05, 0.1) is 25.4 Å². The zero-order chi connectivity index (χ0) is 11.9. The number of nitrogens with zero attached hydrogens (tertiary/aromatic N) is 1. The van der Waals surface area contributed by atoms with E-state index < -0.39 is 0 Å². The van der Waals surface area contributed by atoms with Crippen molar-refractivity contribution in [1.29, 1.82) is 5.26 Å². The van der Waals surface area contributed by atoms with Crippen molar-refractivity contribution in [2.24, 2.45) is 0 Å². The second-order valence-corrected chi connectivity index (χ2v) is 4.23. The van der Waals surface area contributed by atoms with Crippen LogP contribution in [0.2, 0.25) is 0 Å². The largest absolute Gasteiger partial charge is 0.379 e. The second kappa shape index (κ2) is 6.85. The van der Waals surface area contributed by atoms with Gasteiger partial charge in [0.15, 0.2) is 0 Å². The molecule has 0 saturated heterocycles. The lowest BCUT2D eigenvalue weighted by Crippen LogP contribution is -2.47. The molecule has 2 atom stereocenters. The minimum atomic E-state index is -0.380. The highest BCUT2D eigenvalue weighted by molar-refractivity contribution is 5.09. The van der Waals surface area contributed by atoms with Gasteiger partial charge in [-0.15, -0.1) is 0 Å². The Morgan fingerprint density at radius 3 is 2.94 bits per heavy atom. The average Bonchev–Trinajstić information content (AvgIpc) is 2.35. The molecule has 4 nitrogen and oxygen atoms in total. The van der Waals surface area contributed by atoms with Gasteiger partial charge in [-0.05, 0) is 33.2 Å². The third-order valence-corrected chi connectivity index (χ3v) is 3.18. The first-order valence-electron chi connectivity index (χ1n) is 6.06. The molecule has 2 unspecified atom stereocenters. The summed E-state index contributed by atoms with van der Waals surface area (Å²) >= 11 is 0. The van der Waals surface area contributed by atoms with E-state index in [1.165, 1.54) is 0 Å². The quantitative estimate of drug-likeness (QED) is 0.697. The Morgan fingerprint density at radius 2 is 2.31 bits per heavy atom. The molecule has 0 radical (unpaired) electrons. The van der Waals surface area contributed by atoms with Gasteiger partial charge in [0.1, 0.15) is 5.54 Å². The van der Waals surface area contributed by atoms with Crippen molar-refractivity contribution in [2.45, 2.75) is 44.2 Å². The van der Waals surface area contributed by atoms with Gasteiger partial charge in [-0.1, -0.05) is 0 Å². The van der Waals surface area contributed by atoms with Crippen LogP contribution in [0.1, 0.15) is 32.6 Å². The number of ether oxygens (including phenoxy) is 2. The molecule has 0 aromatic rings. The Morgan fingerprint density at radius 1 is 1.50 bits per heavy atom. The Hall–Kier alpha value is -0.630. The van der Waals surface area contributed by atoms with E-state index in [1.54, 1.807) is 0 Å². The van der Waals surface area contributed by atoms with Crippen LogP contribution in [0.3, 0.4) is 0 Å². The lowest BCUT2D eigenvalue weighted by atomic mass is 9.81. The van der Waals surface area contributed by atoms with Crippen molar-refractivity contribution in [3.05, 3.63) is 0 Å². The summed E-state index contributed by atoms with van der Waals surface area (Å²) in [5, 5.41) is 12.3. The molecular weight excluding hydrogens is 204 g/mol. The maximum atomic E-state index is 9.18. The van der Waals surface area contributed by atoms with Crippen molar-refractivity contribution >= 4 is 0 Å². The highest BCUT2D eigenvalue weighted by Crippen LogP contribution is 2.29. The third kappa shape index (κ3) is 3.75.